The Morgan fingerprint density at radius 3 is 2.68 bits per heavy atom. The van der Waals surface area contributed by atoms with Crippen LogP contribution in [0.15, 0.2) is 18.2 Å². The van der Waals surface area contributed by atoms with E-state index in [2.05, 4.69) is 24.1 Å². The molecule has 0 heterocycles. The predicted octanol–water partition coefficient (Wildman–Crippen LogP) is 3.11. The lowest BCUT2D eigenvalue weighted by Gasteiger charge is -2.21. The highest BCUT2D eigenvalue weighted by Gasteiger charge is 2.17. The molecule has 0 aromatic heterocycles. The van der Waals surface area contributed by atoms with Crippen molar-refractivity contribution in [2.75, 3.05) is 26.0 Å². The van der Waals surface area contributed by atoms with E-state index in [0.717, 1.165) is 18.5 Å². The van der Waals surface area contributed by atoms with Crippen LogP contribution in [0.5, 0.6) is 0 Å². The van der Waals surface area contributed by atoms with Gasteiger partial charge in [-0.15, -0.1) is 0 Å². The molecule has 1 aromatic rings. The van der Waals surface area contributed by atoms with Gasteiger partial charge in [-0.05, 0) is 18.5 Å². The molecule has 5 heteroatoms. The van der Waals surface area contributed by atoms with Crippen molar-refractivity contribution in [1.29, 1.82) is 0 Å². The normalized spacial score (nSPS) is 12.5. The molecule has 1 atom stereocenters. The van der Waals surface area contributed by atoms with Crippen LogP contribution in [0, 0.1) is 16.0 Å². The molecule has 0 amide bonds. The van der Waals surface area contributed by atoms with E-state index in [1.54, 1.807) is 13.1 Å². The molecule has 0 fully saturated rings. The second kappa shape index (κ2) is 7.09. The highest BCUT2D eigenvalue weighted by atomic mass is 16.6. The van der Waals surface area contributed by atoms with E-state index in [-0.39, 0.29) is 10.6 Å². The number of nitrogens with zero attached hydrogens (tertiary/aromatic N) is 2. The Morgan fingerprint density at radius 1 is 1.47 bits per heavy atom. The topological polar surface area (TPSA) is 58.4 Å². The maximum Gasteiger partial charge on any atom is 0.292 e. The van der Waals surface area contributed by atoms with Crippen LogP contribution in [-0.4, -0.2) is 30.5 Å². The van der Waals surface area contributed by atoms with Crippen LogP contribution in [0.1, 0.15) is 25.8 Å². The Balaban J connectivity index is 2.89. The molecule has 1 aromatic carbocycles. The zero-order valence-corrected chi connectivity index (χ0v) is 12.1. The first-order chi connectivity index (χ1) is 8.99. The van der Waals surface area contributed by atoms with Crippen molar-refractivity contribution in [3.05, 3.63) is 33.9 Å². The van der Waals surface area contributed by atoms with Gasteiger partial charge in [-0.2, -0.15) is 0 Å². The van der Waals surface area contributed by atoms with Gasteiger partial charge < -0.3 is 10.2 Å². The minimum Gasteiger partial charge on any atom is -0.382 e. The van der Waals surface area contributed by atoms with Gasteiger partial charge in [0, 0.05) is 26.2 Å². The van der Waals surface area contributed by atoms with Gasteiger partial charge in [0.05, 0.1) is 4.92 Å². The predicted molar refractivity (Wildman–Crippen MR) is 78.4 cm³/mol. The maximum atomic E-state index is 11.0. The van der Waals surface area contributed by atoms with Crippen molar-refractivity contribution >= 4 is 11.4 Å². The molecule has 5 nitrogen and oxygen atoms in total. The Morgan fingerprint density at radius 2 is 2.16 bits per heavy atom. The quantitative estimate of drug-likeness (QED) is 0.608. The average Bonchev–Trinajstić information content (AvgIpc) is 2.37. The maximum absolute atomic E-state index is 11.0. The number of hydrogen-bond donors (Lipinski definition) is 1. The highest BCUT2D eigenvalue weighted by molar-refractivity contribution is 5.66. The zero-order chi connectivity index (χ0) is 14.4. The van der Waals surface area contributed by atoms with Crippen molar-refractivity contribution in [3.8, 4) is 0 Å². The monoisotopic (exact) mass is 265 g/mol. The number of nitro benzene ring substituents is 1. The summed E-state index contributed by atoms with van der Waals surface area (Å²) in [6.45, 7) is 6.08. The first-order valence-electron chi connectivity index (χ1n) is 6.62. The van der Waals surface area contributed by atoms with Crippen LogP contribution in [0.4, 0.5) is 11.4 Å². The second-order valence-electron chi connectivity index (χ2n) is 5.03. The third-order valence-electron chi connectivity index (χ3n) is 3.34. The molecule has 0 aliphatic carbocycles. The third-order valence-corrected chi connectivity index (χ3v) is 3.34. The summed E-state index contributed by atoms with van der Waals surface area (Å²) < 4.78 is 0. The SMILES string of the molecule is CCC(C)CN(C)Cc1cccc([N+](=O)[O-])c1NC. The van der Waals surface area contributed by atoms with E-state index in [1.807, 2.05) is 13.1 Å². The fourth-order valence-corrected chi connectivity index (χ4v) is 2.18. The van der Waals surface area contributed by atoms with Crippen molar-refractivity contribution < 1.29 is 4.92 Å². The van der Waals surface area contributed by atoms with E-state index in [4.69, 9.17) is 0 Å². The summed E-state index contributed by atoms with van der Waals surface area (Å²) in [5, 5.41) is 13.9. The van der Waals surface area contributed by atoms with Crippen LogP contribution >= 0.6 is 0 Å². The van der Waals surface area contributed by atoms with E-state index >= 15 is 0 Å². The Bertz CT molecular complexity index is 435. The fourth-order valence-electron chi connectivity index (χ4n) is 2.18. The van der Waals surface area contributed by atoms with Crippen molar-refractivity contribution in [2.24, 2.45) is 5.92 Å². The van der Waals surface area contributed by atoms with Gasteiger partial charge in [0.1, 0.15) is 5.69 Å². The number of hydrogen-bond acceptors (Lipinski definition) is 4. The molecule has 1 unspecified atom stereocenters. The summed E-state index contributed by atoms with van der Waals surface area (Å²) in [6, 6.07) is 5.21. The average molecular weight is 265 g/mol. The number of nitrogens with one attached hydrogen (secondary N) is 1. The van der Waals surface area contributed by atoms with Gasteiger partial charge in [-0.25, -0.2) is 0 Å². The summed E-state index contributed by atoms with van der Waals surface area (Å²) in [5.74, 6) is 0.627. The number of benzene rings is 1. The second-order valence-corrected chi connectivity index (χ2v) is 5.03. The molecule has 19 heavy (non-hydrogen) atoms. The van der Waals surface area contributed by atoms with Gasteiger partial charge >= 0.3 is 0 Å². The van der Waals surface area contributed by atoms with Crippen molar-refractivity contribution in [2.45, 2.75) is 26.8 Å². The zero-order valence-electron chi connectivity index (χ0n) is 12.1. The Kier molecular flexibility index (Phi) is 5.76. The van der Waals surface area contributed by atoms with Crippen molar-refractivity contribution in [1.82, 2.24) is 4.90 Å². The third kappa shape index (κ3) is 4.21. The molecular weight excluding hydrogens is 242 g/mol. The largest absolute Gasteiger partial charge is 0.382 e. The number of para-hydroxylation sites is 1. The molecule has 0 aliphatic heterocycles. The van der Waals surface area contributed by atoms with E-state index in [1.165, 1.54) is 6.07 Å². The summed E-state index contributed by atoms with van der Waals surface area (Å²) in [4.78, 5) is 12.9. The minimum atomic E-state index is -0.343. The molecule has 106 valence electrons. The molecule has 0 saturated carbocycles. The lowest BCUT2D eigenvalue weighted by atomic mass is 10.1. The molecular formula is C14H23N3O2. The van der Waals surface area contributed by atoms with Gasteiger partial charge in [-0.1, -0.05) is 32.4 Å². The lowest BCUT2D eigenvalue weighted by molar-refractivity contribution is -0.384. The van der Waals surface area contributed by atoms with Crippen LogP contribution < -0.4 is 5.32 Å². The van der Waals surface area contributed by atoms with Crippen molar-refractivity contribution in [3.63, 3.8) is 0 Å². The number of rotatable bonds is 7. The highest BCUT2D eigenvalue weighted by Crippen LogP contribution is 2.28. The van der Waals surface area contributed by atoms with Crippen LogP contribution in [-0.2, 0) is 6.54 Å². The van der Waals surface area contributed by atoms with Gasteiger partial charge in [0.25, 0.3) is 5.69 Å². The fraction of sp³-hybridized carbons (Fsp3) is 0.571. The van der Waals surface area contributed by atoms with E-state index in [9.17, 15) is 10.1 Å². The number of anilines is 1. The van der Waals surface area contributed by atoms with Crippen LogP contribution in [0.25, 0.3) is 0 Å². The lowest BCUT2D eigenvalue weighted by Crippen LogP contribution is -2.24. The van der Waals surface area contributed by atoms with Crippen LogP contribution in [0.3, 0.4) is 0 Å². The van der Waals surface area contributed by atoms with Crippen LogP contribution in [0.2, 0.25) is 0 Å². The Hall–Kier alpha value is -1.62. The first kappa shape index (κ1) is 15.4. The van der Waals surface area contributed by atoms with E-state index in [0.29, 0.717) is 18.2 Å². The molecule has 0 aliphatic rings. The standard InChI is InChI=1S/C14H23N3O2/c1-5-11(2)9-16(4)10-12-7-6-8-13(17(18)19)14(12)15-3/h6-8,11,15H,5,9-10H2,1-4H3. The summed E-state index contributed by atoms with van der Waals surface area (Å²) in [5.41, 5.74) is 1.71. The number of nitro groups is 1. The smallest absolute Gasteiger partial charge is 0.292 e. The summed E-state index contributed by atoms with van der Waals surface area (Å²) in [7, 11) is 3.77. The molecule has 0 spiro atoms. The van der Waals surface area contributed by atoms with Gasteiger partial charge in [0.15, 0.2) is 0 Å². The summed E-state index contributed by atoms with van der Waals surface area (Å²) in [6.07, 6.45) is 1.14. The molecule has 0 saturated heterocycles. The molecule has 0 bridgehead atoms. The first-order valence-corrected chi connectivity index (χ1v) is 6.62. The molecule has 0 radical (unpaired) electrons. The van der Waals surface area contributed by atoms with E-state index < -0.39 is 0 Å². The van der Waals surface area contributed by atoms with Gasteiger partial charge in [0.2, 0.25) is 0 Å². The minimum absolute atomic E-state index is 0.136. The summed E-state index contributed by atoms with van der Waals surface area (Å²) >= 11 is 0. The molecule has 1 rings (SSSR count). The Labute approximate surface area is 114 Å². The molecule has 1 N–H and O–H groups in total. The van der Waals surface area contributed by atoms with Gasteiger partial charge in [-0.3, -0.25) is 10.1 Å².